The smallest absolute Gasteiger partial charge is 0.250 e. The number of nitrogens with zero attached hydrogens (tertiary/aromatic N) is 6. The summed E-state index contributed by atoms with van der Waals surface area (Å²) in [6.45, 7) is 3.88. The molecule has 2 saturated heterocycles. The highest BCUT2D eigenvalue weighted by molar-refractivity contribution is 6.32. The summed E-state index contributed by atoms with van der Waals surface area (Å²) >= 11 is 5.92. The zero-order valence-corrected chi connectivity index (χ0v) is 15.7. The van der Waals surface area contributed by atoms with E-state index in [1.165, 1.54) is 6.07 Å². The number of halogens is 1. The summed E-state index contributed by atoms with van der Waals surface area (Å²) in [5, 5.41) is 14.0. The van der Waals surface area contributed by atoms with E-state index in [0.717, 1.165) is 57.4 Å². The van der Waals surface area contributed by atoms with E-state index in [1.54, 1.807) is 18.3 Å². The second kappa shape index (κ2) is 7.96. The van der Waals surface area contributed by atoms with Crippen LogP contribution < -0.4 is 15.2 Å². The van der Waals surface area contributed by atoms with Gasteiger partial charge in [-0.15, -0.1) is 0 Å². The van der Waals surface area contributed by atoms with Crippen molar-refractivity contribution >= 4 is 35.7 Å². The Balaban J connectivity index is 1.54. The Hall–Kier alpha value is -2.61. The predicted octanol–water partition coefficient (Wildman–Crippen LogP) is 2.88. The highest BCUT2D eigenvalue weighted by Gasteiger charge is 2.21. The first-order valence-corrected chi connectivity index (χ1v) is 9.60. The fraction of sp³-hybridized carbons (Fsp3) is 0.444. The maximum absolute atomic E-state index is 9.49. The normalized spacial score (nSPS) is 17.2. The summed E-state index contributed by atoms with van der Waals surface area (Å²) in [6, 6.07) is 4.90. The molecule has 4 rings (SSSR count). The summed E-state index contributed by atoms with van der Waals surface area (Å²) in [5.74, 6) is 1.88. The van der Waals surface area contributed by atoms with Crippen LogP contribution in [0.2, 0.25) is 5.02 Å². The summed E-state index contributed by atoms with van der Waals surface area (Å²) in [5.41, 5.74) is 3.67. The molecule has 1 aromatic heterocycles. The molecule has 0 amide bonds. The van der Waals surface area contributed by atoms with Crippen LogP contribution in [0.1, 0.15) is 31.2 Å². The largest absolute Gasteiger partial charge is 0.506 e. The van der Waals surface area contributed by atoms with Crippen LogP contribution in [0.5, 0.6) is 5.75 Å². The Morgan fingerprint density at radius 3 is 2.11 bits per heavy atom. The van der Waals surface area contributed by atoms with Crippen molar-refractivity contribution in [2.24, 2.45) is 5.10 Å². The van der Waals surface area contributed by atoms with Crippen LogP contribution in [-0.2, 0) is 0 Å². The lowest BCUT2D eigenvalue weighted by molar-refractivity contribution is 0.475. The van der Waals surface area contributed by atoms with Crippen LogP contribution in [-0.4, -0.2) is 52.5 Å². The van der Waals surface area contributed by atoms with Crippen molar-refractivity contribution in [2.45, 2.75) is 25.7 Å². The Labute approximate surface area is 162 Å². The molecule has 0 saturated carbocycles. The number of rotatable bonds is 5. The van der Waals surface area contributed by atoms with Gasteiger partial charge in [0.15, 0.2) is 0 Å². The number of hydrogen-bond donors (Lipinski definition) is 2. The Morgan fingerprint density at radius 1 is 0.963 bits per heavy atom. The number of nitrogens with one attached hydrogen (secondary N) is 1. The van der Waals surface area contributed by atoms with E-state index in [4.69, 9.17) is 11.6 Å². The fourth-order valence-electron chi connectivity index (χ4n) is 3.29. The molecule has 0 radical (unpaired) electrons. The van der Waals surface area contributed by atoms with E-state index < -0.39 is 0 Å². The molecular weight excluding hydrogens is 366 g/mol. The van der Waals surface area contributed by atoms with E-state index in [0.29, 0.717) is 17.8 Å². The molecule has 2 aliphatic heterocycles. The van der Waals surface area contributed by atoms with Crippen molar-refractivity contribution in [3.05, 3.63) is 28.8 Å². The lowest BCUT2D eigenvalue weighted by Gasteiger charge is -2.20. The number of anilines is 3. The molecule has 27 heavy (non-hydrogen) atoms. The zero-order chi connectivity index (χ0) is 18.6. The van der Waals surface area contributed by atoms with Crippen molar-refractivity contribution in [3.63, 3.8) is 0 Å². The third-order valence-corrected chi connectivity index (χ3v) is 5.04. The van der Waals surface area contributed by atoms with Crippen molar-refractivity contribution < 1.29 is 5.11 Å². The quantitative estimate of drug-likeness (QED) is 0.602. The SMILES string of the molecule is Oc1ccc(/C=N/Nc2nc(N3CCCC3)nc(N3CCCC3)n2)cc1Cl. The van der Waals surface area contributed by atoms with E-state index in [1.807, 2.05) is 0 Å². The Morgan fingerprint density at radius 2 is 1.56 bits per heavy atom. The first kappa shape index (κ1) is 17.8. The highest BCUT2D eigenvalue weighted by atomic mass is 35.5. The van der Waals surface area contributed by atoms with E-state index >= 15 is 0 Å². The second-order valence-electron chi connectivity index (χ2n) is 6.73. The van der Waals surface area contributed by atoms with Crippen LogP contribution in [0.15, 0.2) is 23.3 Å². The number of phenols is 1. The topological polar surface area (TPSA) is 89.8 Å². The molecule has 2 N–H and O–H groups in total. The fourth-order valence-corrected chi connectivity index (χ4v) is 3.48. The summed E-state index contributed by atoms with van der Waals surface area (Å²) in [7, 11) is 0. The molecule has 0 spiro atoms. The summed E-state index contributed by atoms with van der Waals surface area (Å²) in [6.07, 6.45) is 6.25. The maximum Gasteiger partial charge on any atom is 0.250 e. The molecule has 9 heteroatoms. The van der Waals surface area contributed by atoms with Gasteiger partial charge in [-0.1, -0.05) is 11.6 Å². The van der Waals surface area contributed by atoms with Gasteiger partial charge < -0.3 is 14.9 Å². The molecule has 2 aliphatic rings. The third-order valence-electron chi connectivity index (χ3n) is 4.74. The van der Waals surface area contributed by atoms with Gasteiger partial charge >= 0.3 is 0 Å². The molecule has 142 valence electrons. The number of hydrazone groups is 1. The van der Waals surface area contributed by atoms with Gasteiger partial charge in [-0.3, -0.25) is 0 Å². The van der Waals surface area contributed by atoms with Crippen molar-refractivity contribution in [3.8, 4) is 5.75 Å². The van der Waals surface area contributed by atoms with Crippen molar-refractivity contribution in [2.75, 3.05) is 41.4 Å². The Kier molecular flexibility index (Phi) is 5.24. The van der Waals surface area contributed by atoms with Gasteiger partial charge in [0, 0.05) is 26.2 Å². The average molecular weight is 388 g/mol. The Bertz CT molecular complexity index is 798. The van der Waals surface area contributed by atoms with Crippen LogP contribution in [0.3, 0.4) is 0 Å². The minimum atomic E-state index is 0.0461. The van der Waals surface area contributed by atoms with Gasteiger partial charge in [-0.2, -0.15) is 20.1 Å². The number of benzene rings is 1. The zero-order valence-electron chi connectivity index (χ0n) is 15.0. The molecule has 2 aromatic rings. The number of hydrogen-bond acceptors (Lipinski definition) is 8. The lowest BCUT2D eigenvalue weighted by atomic mass is 10.2. The summed E-state index contributed by atoms with van der Waals surface area (Å²) in [4.78, 5) is 18.1. The highest BCUT2D eigenvalue weighted by Crippen LogP contribution is 2.24. The van der Waals surface area contributed by atoms with Crippen LogP contribution in [0, 0.1) is 0 Å². The van der Waals surface area contributed by atoms with Gasteiger partial charge in [-0.25, -0.2) is 5.43 Å². The minimum Gasteiger partial charge on any atom is -0.506 e. The molecule has 8 nitrogen and oxygen atoms in total. The maximum atomic E-state index is 9.49. The van der Waals surface area contributed by atoms with Gasteiger partial charge in [-0.05, 0) is 49.4 Å². The first-order valence-electron chi connectivity index (χ1n) is 9.22. The molecule has 0 unspecified atom stereocenters. The molecule has 1 aromatic carbocycles. The van der Waals surface area contributed by atoms with Gasteiger partial charge in [0.05, 0.1) is 11.2 Å². The lowest BCUT2D eigenvalue weighted by Crippen LogP contribution is -2.25. The molecule has 2 fully saturated rings. The van der Waals surface area contributed by atoms with Gasteiger partial charge in [0.1, 0.15) is 5.75 Å². The van der Waals surface area contributed by atoms with Gasteiger partial charge in [0.2, 0.25) is 17.8 Å². The van der Waals surface area contributed by atoms with Crippen LogP contribution in [0.4, 0.5) is 17.8 Å². The standard InChI is InChI=1S/C18H22ClN7O/c19-14-11-13(5-6-15(14)27)12-20-24-16-21-17(25-7-1-2-8-25)23-18(22-16)26-9-3-4-10-26/h5-6,11-12,27H,1-4,7-10H2,(H,21,22,23,24)/b20-12+. The minimum absolute atomic E-state index is 0.0461. The monoisotopic (exact) mass is 387 g/mol. The molecule has 3 heterocycles. The number of phenolic OH excluding ortho intramolecular Hbond substituents is 1. The van der Waals surface area contributed by atoms with Crippen molar-refractivity contribution in [1.29, 1.82) is 0 Å². The van der Waals surface area contributed by atoms with Crippen LogP contribution >= 0.6 is 11.6 Å². The van der Waals surface area contributed by atoms with E-state index in [-0.39, 0.29) is 10.8 Å². The second-order valence-corrected chi connectivity index (χ2v) is 7.14. The van der Waals surface area contributed by atoms with Crippen molar-refractivity contribution in [1.82, 2.24) is 15.0 Å². The predicted molar refractivity (Wildman–Crippen MR) is 107 cm³/mol. The molecule has 0 atom stereocenters. The number of aromatic nitrogens is 3. The van der Waals surface area contributed by atoms with E-state index in [2.05, 4.69) is 35.3 Å². The average Bonchev–Trinajstić information content (AvgIpc) is 3.38. The number of aromatic hydroxyl groups is 1. The van der Waals surface area contributed by atoms with E-state index in [9.17, 15) is 5.11 Å². The molecular formula is C18H22ClN7O. The molecule has 0 aliphatic carbocycles. The first-order chi connectivity index (χ1) is 13.2. The molecule has 0 bridgehead atoms. The van der Waals surface area contributed by atoms with Gasteiger partial charge in [0.25, 0.3) is 0 Å². The van der Waals surface area contributed by atoms with Crippen LogP contribution in [0.25, 0.3) is 0 Å². The third kappa shape index (κ3) is 4.21. The summed E-state index contributed by atoms with van der Waals surface area (Å²) < 4.78 is 0.